The number of amides is 1. The van der Waals surface area contributed by atoms with E-state index in [1.54, 1.807) is 12.1 Å². The Morgan fingerprint density at radius 3 is 2.38 bits per heavy atom. The van der Waals surface area contributed by atoms with Crippen molar-refractivity contribution in [2.24, 2.45) is 0 Å². The molecule has 1 aromatic heterocycles. The Bertz CT molecular complexity index is 1150. The number of carbonyl (C=O) groups excluding carboxylic acids is 2. The van der Waals surface area contributed by atoms with Gasteiger partial charge in [0.25, 0.3) is 11.7 Å². The number of thiophene rings is 1. The molecule has 0 aliphatic carbocycles. The summed E-state index contributed by atoms with van der Waals surface area (Å²) < 4.78 is 13.3. The van der Waals surface area contributed by atoms with Crippen LogP contribution in [0.3, 0.4) is 0 Å². The smallest absolute Gasteiger partial charge is 0.300 e. The molecule has 2 N–H and O–H groups in total. The van der Waals surface area contributed by atoms with E-state index >= 15 is 0 Å². The molecule has 1 saturated heterocycles. The summed E-state index contributed by atoms with van der Waals surface area (Å²) in [6, 6.07) is 12.2. The predicted octanol–water partition coefficient (Wildman–Crippen LogP) is 4.53. The van der Waals surface area contributed by atoms with Crippen molar-refractivity contribution in [2.75, 3.05) is 4.90 Å². The molecular weight excluding hydrogens is 393 g/mol. The monoisotopic (exact) mass is 409 g/mol. The quantitative estimate of drug-likeness (QED) is 0.379. The molecule has 5 nitrogen and oxygen atoms in total. The number of Topliss-reactive ketones (excluding diaryl/α,β-unsaturated/α-hetero) is 1. The second-order valence-electron chi connectivity index (χ2n) is 6.63. The first-order valence-corrected chi connectivity index (χ1v) is 9.67. The number of hydrogen-bond donors (Lipinski definition) is 2. The molecule has 1 fully saturated rings. The molecule has 1 atom stereocenters. The predicted molar refractivity (Wildman–Crippen MR) is 108 cm³/mol. The molecule has 29 heavy (non-hydrogen) atoms. The molecule has 1 aliphatic rings. The van der Waals surface area contributed by atoms with Crippen LogP contribution in [0, 0.1) is 12.7 Å². The molecule has 0 saturated carbocycles. The zero-order valence-electron chi connectivity index (χ0n) is 15.3. The van der Waals surface area contributed by atoms with E-state index in [-0.39, 0.29) is 28.3 Å². The minimum atomic E-state index is -0.909. The molecule has 146 valence electrons. The van der Waals surface area contributed by atoms with Crippen molar-refractivity contribution < 1.29 is 24.2 Å². The van der Waals surface area contributed by atoms with Gasteiger partial charge in [0, 0.05) is 10.4 Å². The van der Waals surface area contributed by atoms with E-state index in [0.29, 0.717) is 4.88 Å². The number of aliphatic hydroxyl groups excluding tert-OH is 1. The van der Waals surface area contributed by atoms with Crippen molar-refractivity contribution in [1.29, 1.82) is 0 Å². The molecule has 7 heteroatoms. The Labute approximate surface area is 170 Å². The summed E-state index contributed by atoms with van der Waals surface area (Å²) in [6.45, 7) is 1.84. The number of aliphatic hydroxyl groups is 1. The third kappa shape index (κ3) is 3.09. The second kappa shape index (κ2) is 7.18. The molecule has 1 aliphatic heterocycles. The van der Waals surface area contributed by atoms with Gasteiger partial charge in [0.15, 0.2) is 0 Å². The van der Waals surface area contributed by atoms with Crippen molar-refractivity contribution in [3.8, 4) is 5.75 Å². The van der Waals surface area contributed by atoms with Crippen molar-refractivity contribution in [3.05, 3.63) is 87.4 Å². The lowest BCUT2D eigenvalue weighted by Crippen LogP contribution is -2.29. The fraction of sp³-hybridized carbons (Fsp3) is 0.0909. The third-order valence-corrected chi connectivity index (χ3v) is 5.92. The highest BCUT2D eigenvalue weighted by Crippen LogP contribution is 2.46. The number of hydrogen-bond acceptors (Lipinski definition) is 5. The Morgan fingerprint density at radius 2 is 1.76 bits per heavy atom. The number of aromatic hydroxyl groups is 1. The van der Waals surface area contributed by atoms with Gasteiger partial charge in [-0.15, -0.1) is 11.3 Å². The topological polar surface area (TPSA) is 77.8 Å². The Balaban J connectivity index is 1.97. The van der Waals surface area contributed by atoms with Crippen LogP contribution in [0.15, 0.2) is 65.6 Å². The number of aryl methyl sites for hydroxylation is 1. The van der Waals surface area contributed by atoms with Gasteiger partial charge in [-0.1, -0.05) is 12.1 Å². The van der Waals surface area contributed by atoms with Crippen LogP contribution >= 0.6 is 11.3 Å². The molecule has 4 rings (SSSR count). The van der Waals surface area contributed by atoms with Crippen LogP contribution < -0.4 is 4.90 Å². The number of phenols is 1. The summed E-state index contributed by atoms with van der Waals surface area (Å²) >= 11 is 1.34. The third-order valence-electron chi connectivity index (χ3n) is 4.85. The van der Waals surface area contributed by atoms with Crippen molar-refractivity contribution in [2.45, 2.75) is 13.0 Å². The van der Waals surface area contributed by atoms with E-state index in [1.807, 2.05) is 18.4 Å². The molecular formula is C22H16FNO4S. The Morgan fingerprint density at radius 1 is 1.07 bits per heavy atom. The zero-order chi connectivity index (χ0) is 20.7. The van der Waals surface area contributed by atoms with Crippen molar-refractivity contribution >= 4 is 34.5 Å². The minimum Gasteiger partial charge on any atom is -0.507 e. The van der Waals surface area contributed by atoms with Gasteiger partial charge in [-0.25, -0.2) is 4.39 Å². The number of ketones is 1. The highest BCUT2D eigenvalue weighted by Gasteiger charge is 2.48. The molecule has 0 spiro atoms. The zero-order valence-corrected chi connectivity index (χ0v) is 16.1. The lowest BCUT2D eigenvalue weighted by molar-refractivity contribution is -0.132. The molecule has 2 aromatic carbocycles. The molecule has 3 aromatic rings. The van der Waals surface area contributed by atoms with E-state index < -0.39 is 23.5 Å². The van der Waals surface area contributed by atoms with Gasteiger partial charge in [-0.05, 0) is 60.3 Å². The van der Waals surface area contributed by atoms with Crippen molar-refractivity contribution in [1.82, 2.24) is 0 Å². The summed E-state index contributed by atoms with van der Waals surface area (Å²) in [6.07, 6.45) is 0. The number of para-hydroxylation sites is 2. The number of nitrogens with zero attached hydrogens (tertiary/aromatic N) is 1. The van der Waals surface area contributed by atoms with Crippen LogP contribution in [0.1, 0.15) is 22.0 Å². The summed E-state index contributed by atoms with van der Waals surface area (Å²) in [4.78, 5) is 27.8. The van der Waals surface area contributed by atoms with Crippen LogP contribution in [0.5, 0.6) is 5.75 Å². The SMILES string of the molecule is Cc1ccsc1C1/C(=C(/O)c2ccc(F)cc2)C(=O)C(=O)N1c1ccccc1O. The standard InChI is InChI=1S/C22H16FNO4S/c1-12-10-11-29-21(12)18-17(19(26)13-6-8-14(23)9-7-13)20(27)22(28)24(18)15-4-2-3-5-16(15)25/h2-11,18,25-26H,1H3/b19-17-. The first kappa shape index (κ1) is 18.9. The largest absolute Gasteiger partial charge is 0.507 e. The van der Waals surface area contributed by atoms with Gasteiger partial charge in [0.05, 0.1) is 11.3 Å². The number of halogens is 1. The van der Waals surface area contributed by atoms with E-state index in [2.05, 4.69) is 0 Å². The van der Waals surface area contributed by atoms with Crippen LogP contribution in [-0.4, -0.2) is 21.9 Å². The van der Waals surface area contributed by atoms with E-state index in [9.17, 15) is 24.2 Å². The van der Waals surface area contributed by atoms with E-state index in [0.717, 1.165) is 5.56 Å². The van der Waals surface area contributed by atoms with Gasteiger partial charge in [0.2, 0.25) is 0 Å². The molecule has 0 radical (unpaired) electrons. The van der Waals surface area contributed by atoms with Crippen LogP contribution in [-0.2, 0) is 9.59 Å². The molecule has 0 bridgehead atoms. The number of benzene rings is 2. The van der Waals surface area contributed by atoms with Gasteiger partial charge >= 0.3 is 0 Å². The number of rotatable bonds is 3. The highest BCUT2D eigenvalue weighted by atomic mass is 32.1. The van der Waals surface area contributed by atoms with Gasteiger partial charge in [-0.3, -0.25) is 14.5 Å². The van der Waals surface area contributed by atoms with Gasteiger partial charge in [-0.2, -0.15) is 0 Å². The summed E-state index contributed by atoms with van der Waals surface area (Å²) in [5.41, 5.74) is 1.13. The minimum absolute atomic E-state index is 0.101. The summed E-state index contributed by atoms with van der Waals surface area (Å²) in [5.74, 6) is -2.75. The highest BCUT2D eigenvalue weighted by molar-refractivity contribution is 7.10. The first-order chi connectivity index (χ1) is 13.9. The Hall–Kier alpha value is -3.45. The summed E-state index contributed by atoms with van der Waals surface area (Å²) in [7, 11) is 0. The maximum atomic E-state index is 13.3. The fourth-order valence-corrected chi connectivity index (χ4v) is 4.45. The molecule has 1 amide bonds. The maximum absolute atomic E-state index is 13.3. The molecule has 1 unspecified atom stereocenters. The van der Waals surface area contributed by atoms with Crippen LogP contribution in [0.4, 0.5) is 10.1 Å². The maximum Gasteiger partial charge on any atom is 0.300 e. The van der Waals surface area contributed by atoms with Crippen LogP contribution in [0.25, 0.3) is 5.76 Å². The first-order valence-electron chi connectivity index (χ1n) is 8.79. The number of phenolic OH excluding ortho intramolecular Hbond substituents is 1. The number of carbonyl (C=O) groups is 2. The Kier molecular flexibility index (Phi) is 4.68. The lowest BCUT2D eigenvalue weighted by atomic mass is 9.98. The number of anilines is 1. The van der Waals surface area contributed by atoms with Gasteiger partial charge < -0.3 is 10.2 Å². The van der Waals surface area contributed by atoms with Crippen molar-refractivity contribution in [3.63, 3.8) is 0 Å². The van der Waals surface area contributed by atoms with Crippen LogP contribution in [0.2, 0.25) is 0 Å². The second-order valence-corrected chi connectivity index (χ2v) is 7.58. The van der Waals surface area contributed by atoms with Gasteiger partial charge in [0.1, 0.15) is 23.4 Å². The normalized spacial score (nSPS) is 18.4. The summed E-state index contributed by atoms with van der Waals surface area (Å²) in [5, 5.41) is 23.0. The lowest BCUT2D eigenvalue weighted by Gasteiger charge is -2.25. The average molecular weight is 409 g/mol. The molecule has 2 heterocycles. The fourth-order valence-electron chi connectivity index (χ4n) is 3.42. The van der Waals surface area contributed by atoms with E-state index in [1.165, 1.54) is 52.6 Å². The average Bonchev–Trinajstić information content (AvgIpc) is 3.23. The van der Waals surface area contributed by atoms with E-state index in [4.69, 9.17) is 0 Å².